The van der Waals surface area contributed by atoms with Gasteiger partial charge in [0, 0.05) is 5.39 Å². The zero-order valence-corrected chi connectivity index (χ0v) is 8.58. The number of halogens is 1. The van der Waals surface area contributed by atoms with E-state index in [1.54, 1.807) is 24.5 Å². The third-order valence-electron chi connectivity index (χ3n) is 1.70. The zero-order valence-electron chi connectivity index (χ0n) is 6.99. The minimum absolute atomic E-state index is 0.387. The fourth-order valence-electron chi connectivity index (χ4n) is 1.19. The highest BCUT2D eigenvalue weighted by molar-refractivity contribution is 9.10. The second-order valence-electron chi connectivity index (χ2n) is 2.67. The molecule has 2 aromatic rings. The fourth-order valence-corrected chi connectivity index (χ4v) is 1.74. The highest BCUT2D eigenvalue weighted by Crippen LogP contribution is 2.30. The molecule has 0 aliphatic rings. The summed E-state index contributed by atoms with van der Waals surface area (Å²) < 4.78 is 10.6. The first kappa shape index (κ1) is 9.08. The molecule has 2 N–H and O–H groups in total. The van der Waals surface area contributed by atoms with E-state index < -0.39 is 6.09 Å². The summed E-state index contributed by atoms with van der Waals surface area (Å²) in [6.07, 6.45) is 0.725. The van der Waals surface area contributed by atoms with Gasteiger partial charge in [0.25, 0.3) is 0 Å². The normalized spacial score (nSPS) is 10.4. The number of benzene rings is 1. The highest BCUT2D eigenvalue weighted by atomic mass is 79.9. The van der Waals surface area contributed by atoms with Crippen molar-refractivity contribution in [3.05, 3.63) is 28.9 Å². The first-order valence-corrected chi connectivity index (χ1v) is 4.60. The summed E-state index contributed by atoms with van der Waals surface area (Å²) in [4.78, 5) is 10.5. The van der Waals surface area contributed by atoms with Gasteiger partial charge in [-0.05, 0) is 34.1 Å². The Morgan fingerprint density at radius 2 is 2.29 bits per heavy atom. The molecule has 72 valence electrons. The molecule has 0 spiro atoms. The van der Waals surface area contributed by atoms with Gasteiger partial charge in [0.2, 0.25) is 0 Å². The van der Waals surface area contributed by atoms with Crippen LogP contribution in [0.4, 0.5) is 4.79 Å². The van der Waals surface area contributed by atoms with E-state index in [0.29, 0.717) is 11.3 Å². The lowest BCUT2D eigenvalue weighted by atomic mass is 10.2. The van der Waals surface area contributed by atoms with Crippen molar-refractivity contribution >= 4 is 33.0 Å². The zero-order chi connectivity index (χ0) is 10.1. The van der Waals surface area contributed by atoms with Gasteiger partial charge >= 0.3 is 6.09 Å². The predicted molar refractivity (Wildman–Crippen MR) is 54.1 cm³/mol. The van der Waals surface area contributed by atoms with Crippen molar-refractivity contribution < 1.29 is 13.9 Å². The largest absolute Gasteiger partial charge is 0.463 e. The number of furan rings is 1. The van der Waals surface area contributed by atoms with Crippen LogP contribution < -0.4 is 10.5 Å². The number of carbonyl (C=O) groups is 1. The van der Waals surface area contributed by atoms with E-state index in [1.807, 2.05) is 0 Å². The van der Waals surface area contributed by atoms with Crippen LogP contribution in [0.15, 0.2) is 33.4 Å². The number of rotatable bonds is 1. The standard InChI is InChI=1S/C9H6BrNO3/c10-7-4-6(14-9(11)12)3-5-1-2-13-8(5)7/h1-4H,(H2,11,12). The van der Waals surface area contributed by atoms with Crippen molar-refractivity contribution in [1.29, 1.82) is 0 Å². The van der Waals surface area contributed by atoms with Gasteiger partial charge in [0.05, 0.1) is 10.7 Å². The van der Waals surface area contributed by atoms with Crippen molar-refractivity contribution in [2.45, 2.75) is 0 Å². The van der Waals surface area contributed by atoms with Gasteiger partial charge < -0.3 is 14.9 Å². The van der Waals surface area contributed by atoms with Crippen LogP contribution in [0.3, 0.4) is 0 Å². The number of ether oxygens (including phenoxy) is 1. The molecule has 1 heterocycles. The van der Waals surface area contributed by atoms with Crippen LogP contribution in [-0.4, -0.2) is 6.09 Å². The molecule has 0 saturated carbocycles. The van der Waals surface area contributed by atoms with Crippen LogP contribution in [0.1, 0.15) is 0 Å². The Morgan fingerprint density at radius 1 is 1.50 bits per heavy atom. The van der Waals surface area contributed by atoms with Crippen molar-refractivity contribution in [3.8, 4) is 5.75 Å². The molecular weight excluding hydrogens is 250 g/mol. The molecule has 14 heavy (non-hydrogen) atoms. The summed E-state index contributed by atoms with van der Waals surface area (Å²) in [7, 11) is 0. The van der Waals surface area contributed by atoms with Crippen LogP contribution >= 0.6 is 15.9 Å². The third-order valence-corrected chi connectivity index (χ3v) is 2.29. The molecule has 0 aliphatic carbocycles. The van der Waals surface area contributed by atoms with Crippen LogP contribution in [0.2, 0.25) is 0 Å². The van der Waals surface area contributed by atoms with Crippen LogP contribution in [0, 0.1) is 0 Å². The van der Waals surface area contributed by atoms with Gasteiger partial charge in [-0.1, -0.05) is 0 Å². The lowest BCUT2D eigenvalue weighted by molar-refractivity contribution is 0.211. The quantitative estimate of drug-likeness (QED) is 0.852. The number of carbonyl (C=O) groups excluding carboxylic acids is 1. The smallest absolute Gasteiger partial charge is 0.409 e. The SMILES string of the molecule is NC(=O)Oc1cc(Br)c2occc2c1. The molecule has 0 atom stereocenters. The highest BCUT2D eigenvalue weighted by Gasteiger charge is 2.07. The Labute approximate surface area is 87.8 Å². The molecule has 1 aromatic carbocycles. The second-order valence-corrected chi connectivity index (χ2v) is 3.52. The Morgan fingerprint density at radius 3 is 3.00 bits per heavy atom. The molecule has 0 unspecified atom stereocenters. The maximum atomic E-state index is 10.5. The molecule has 1 aromatic heterocycles. The molecular formula is C9H6BrNO3. The lowest BCUT2D eigenvalue weighted by Crippen LogP contribution is -2.16. The second kappa shape index (κ2) is 3.34. The van der Waals surface area contributed by atoms with Crippen molar-refractivity contribution in [2.75, 3.05) is 0 Å². The van der Waals surface area contributed by atoms with Crippen LogP contribution in [0.25, 0.3) is 11.0 Å². The van der Waals surface area contributed by atoms with Gasteiger partial charge in [-0.2, -0.15) is 0 Å². The molecule has 5 heteroatoms. The number of primary amides is 1. The minimum atomic E-state index is -0.834. The molecule has 0 saturated heterocycles. The van der Waals surface area contributed by atoms with E-state index in [9.17, 15) is 4.79 Å². The minimum Gasteiger partial charge on any atom is -0.463 e. The van der Waals surface area contributed by atoms with Crippen molar-refractivity contribution in [1.82, 2.24) is 0 Å². The van der Waals surface area contributed by atoms with E-state index in [4.69, 9.17) is 14.9 Å². The summed E-state index contributed by atoms with van der Waals surface area (Å²) in [6, 6.07) is 5.07. The van der Waals surface area contributed by atoms with Crippen molar-refractivity contribution in [3.63, 3.8) is 0 Å². The molecule has 0 radical (unpaired) electrons. The molecule has 0 bridgehead atoms. The van der Waals surface area contributed by atoms with Gasteiger partial charge in [-0.25, -0.2) is 4.79 Å². The first-order chi connectivity index (χ1) is 6.66. The molecule has 1 amide bonds. The van der Waals surface area contributed by atoms with Gasteiger partial charge in [0.15, 0.2) is 0 Å². The number of hydrogen-bond acceptors (Lipinski definition) is 3. The van der Waals surface area contributed by atoms with Crippen LogP contribution in [0.5, 0.6) is 5.75 Å². The summed E-state index contributed by atoms with van der Waals surface area (Å²) in [5, 5.41) is 0.843. The van der Waals surface area contributed by atoms with Crippen LogP contribution in [-0.2, 0) is 0 Å². The van der Waals surface area contributed by atoms with E-state index >= 15 is 0 Å². The summed E-state index contributed by atoms with van der Waals surface area (Å²) in [6.45, 7) is 0. The average molecular weight is 256 g/mol. The fraction of sp³-hybridized carbons (Fsp3) is 0. The first-order valence-electron chi connectivity index (χ1n) is 3.81. The van der Waals surface area contributed by atoms with E-state index in [1.165, 1.54) is 0 Å². The van der Waals surface area contributed by atoms with Gasteiger partial charge in [-0.15, -0.1) is 0 Å². The number of amides is 1. The average Bonchev–Trinajstić information content (AvgIpc) is 2.50. The molecule has 4 nitrogen and oxygen atoms in total. The lowest BCUT2D eigenvalue weighted by Gasteiger charge is -2.01. The van der Waals surface area contributed by atoms with Gasteiger partial charge in [0.1, 0.15) is 11.3 Å². The maximum Gasteiger partial charge on any atom is 0.409 e. The summed E-state index contributed by atoms with van der Waals surface area (Å²) in [5.74, 6) is 0.387. The monoisotopic (exact) mass is 255 g/mol. The molecule has 0 fully saturated rings. The van der Waals surface area contributed by atoms with E-state index in [-0.39, 0.29) is 0 Å². The number of nitrogens with two attached hydrogens (primary N) is 1. The van der Waals surface area contributed by atoms with Crippen molar-refractivity contribution in [2.24, 2.45) is 5.73 Å². The Hall–Kier alpha value is -1.49. The number of fused-ring (bicyclic) bond motifs is 1. The Bertz CT molecular complexity index is 492. The van der Waals surface area contributed by atoms with Gasteiger partial charge in [-0.3, -0.25) is 0 Å². The summed E-state index contributed by atoms with van der Waals surface area (Å²) in [5.41, 5.74) is 5.60. The van der Waals surface area contributed by atoms with E-state index in [0.717, 1.165) is 9.86 Å². The Balaban J connectivity index is 2.53. The maximum absolute atomic E-state index is 10.5. The summed E-state index contributed by atoms with van der Waals surface area (Å²) >= 11 is 3.29. The molecule has 0 aliphatic heterocycles. The number of hydrogen-bond donors (Lipinski definition) is 1. The Kier molecular flexibility index (Phi) is 2.17. The topological polar surface area (TPSA) is 65.5 Å². The third kappa shape index (κ3) is 1.58. The molecule has 2 rings (SSSR count). The predicted octanol–water partition coefficient (Wildman–Crippen LogP) is 2.65. The van der Waals surface area contributed by atoms with E-state index in [2.05, 4.69) is 15.9 Å².